The SMILES string of the molecule is COCCNc1n[nH]c(C2CC2)c1C. The number of hydrogen-bond donors (Lipinski definition) is 2. The lowest BCUT2D eigenvalue weighted by Crippen LogP contribution is -2.08. The largest absolute Gasteiger partial charge is 0.383 e. The molecular weight excluding hydrogens is 178 g/mol. The summed E-state index contributed by atoms with van der Waals surface area (Å²) in [6.07, 6.45) is 2.61. The average Bonchev–Trinajstić information content (AvgIpc) is 2.95. The van der Waals surface area contributed by atoms with Crippen LogP contribution in [0.1, 0.15) is 30.0 Å². The van der Waals surface area contributed by atoms with Crippen LogP contribution in [0.3, 0.4) is 0 Å². The van der Waals surface area contributed by atoms with E-state index >= 15 is 0 Å². The molecule has 1 aliphatic rings. The first kappa shape index (κ1) is 9.52. The molecule has 0 atom stereocenters. The number of methoxy groups -OCH3 is 1. The van der Waals surface area contributed by atoms with Gasteiger partial charge in [0.1, 0.15) is 0 Å². The van der Waals surface area contributed by atoms with Gasteiger partial charge in [0.05, 0.1) is 6.61 Å². The number of H-pyrrole nitrogens is 1. The molecule has 4 heteroatoms. The summed E-state index contributed by atoms with van der Waals surface area (Å²) in [5.41, 5.74) is 2.58. The van der Waals surface area contributed by atoms with E-state index in [1.807, 2.05) is 0 Å². The van der Waals surface area contributed by atoms with Crippen molar-refractivity contribution in [3.05, 3.63) is 11.3 Å². The minimum atomic E-state index is 0.713. The Bertz CT molecular complexity index is 304. The smallest absolute Gasteiger partial charge is 0.151 e. The van der Waals surface area contributed by atoms with Gasteiger partial charge < -0.3 is 10.1 Å². The second-order valence-electron chi connectivity index (χ2n) is 3.80. The zero-order chi connectivity index (χ0) is 9.97. The standard InChI is InChI=1S/C10H17N3O/c1-7-9(8-3-4-8)12-13-10(7)11-5-6-14-2/h8H,3-6H2,1-2H3,(H2,11,12,13). The molecule has 1 aliphatic carbocycles. The first-order valence-corrected chi connectivity index (χ1v) is 5.10. The van der Waals surface area contributed by atoms with E-state index in [0.29, 0.717) is 6.61 Å². The van der Waals surface area contributed by atoms with E-state index in [1.54, 1.807) is 7.11 Å². The van der Waals surface area contributed by atoms with Crippen molar-refractivity contribution in [3.63, 3.8) is 0 Å². The summed E-state index contributed by atoms with van der Waals surface area (Å²) in [6.45, 7) is 3.64. The van der Waals surface area contributed by atoms with Crippen molar-refractivity contribution >= 4 is 5.82 Å². The van der Waals surface area contributed by atoms with Gasteiger partial charge in [-0.1, -0.05) is 0 Å². The maximum atomic E-state index is 4.97. The number of nitrogens with one attached hydrogen (secondary N) is 2. The second-order valence-corrected chi connectivity index (χ2v) is 3.80. The minimum Gasteiger partial charge on any atom is -0.383 e. The normalized spacial score (nSPS) is 15.9. The van der Waals surface area contributed by atoms with Gasteiger partial charge >= 0.3 is 0 Å². The van der Waals surface area contributed by atoms with Crippen molar-refractivity contribution in [2.45, 2.75) is 25.7 Å². The number of hydrogen-bond acceptors (Lipinski definition) is 3. The highest BCUT2D eigenvalue weighted by Gasteiger charge is 2.27. The fourth-order valence-electron chi connectivity index (χ4n) is 1.62. The van der Waals surface area contributed by atoms with Crippen LogP contribution >= 0.6 is 0 Å². The Morgan fingerprint density at radius 2 is 2.36 bits per heavy atom. The lowest BCUT2D eigenvalue weighted by atomic mass is 10.2. The van der Waals surface area contributed by atoms with E-state index in [0.717, 1.165) is 18.3 Å². The molecule has 1 aromatic rings. The van der Waals surface area contributed by atoms with Crippen molar-refractivity contribution in [1.82, 2.24) is 10.2 Å². The lowest BCUT2D eigenvalue weighted by Gasteiger charge is -2.02. The van der Waals surface area contributed by atoms with Crippen molar-refractivity contribution in [2.24, 2.45) is 0 Å². The van der Waals surface area contributed by atoms with E-state index in [1.165, 1.54) is 24.1 Å². The molecule has 0 radical (unpaired) electrons. The van der Waals surface area contributed by atoms with Crippen LogP contribution in [0.5, 0.6) is 0 Å². The molecule has 78 valence electrons. The Balaban J connectivity index is 1.96. The summed E-state index contributed by atoms with van der Waals surface area (Å²) in [5, 5.41) is 10.6. The van der Waals surface area contributed by atoms with Gasteiger partial charge in [-0.3, -0.25) is 5.10 Å². The first-order chi connectivity index (χ1) is 6.83. The molecule has 1 heterocycles. The molecule has 2 N–H and O–H groups in total. The van der Waals surface area contributed by atoms with Crippen LogP contribution in [-0.2, 0) is 4.74 Å². The van der Waals surface area contributed by atoms with Crippen molar-refractivity contribution in [1.29, 1.82) is 0 Å². The Morgan fingerprint density at radius 1 is 1.57 bits per heavy atom. The molecule has 0 aliphatic heterocycles. The number of anilines is 1. The van der Waals surface area contributed by atoms with Gasteiger partial charge in [-0.2, -0.15) is 5.10 Å². The maximum Gasteiger partial charge on any atom is 0.151 e. The fraction of sp³-hybridized carbons (Fsp3) is 0.700. The lowest BCUT2D eigenvalue weighted by molar-refractivity contribution is 0.210. The molecule has 0 amide bonds. The van der Waals surface area contributed by atoms with Gasteiger partial charge in [0.2, 0.25) is 0 Å². The van der Waals surface area contributed by atoms with Crippen LogP contribution in [0.4, 0.5) is 5.82 Å². The zero-order valence-corrected chi connectivity index (χ0v) is 8.76. The van der Waals surface area contributed by atoms with Gasteiger partial charge in [-0.05, 0) is 19.8 Å². The minimum absolute atomic E-state index is 0.713. The quantitative estimate of drug-likeness (QED) is 0.702. The summed E-state index contributed by atoms with van der Waals surface area (Å²) >= 11 is 0. The van der Waals surface area contributed by atoms with Gasteiger partial charge in [-0.15, -0.1) is 0 Å². The van der Waals surface area contributed by atoms with E-state index in [4.69, 9.17) is 4.74 Å². The van der Waals surface area contributed by atoms with Gasteiger partial charge in [0.15, 0.2) is 5.82 Å². The van der Waals surface area contributed by atoms with E-state index in [2.05, 4.69) is 22.4 Å². The maximum absolute atomic E-state index is 4.97. The molecule has 1 fully saturated rings. The van der Waals surface area contributed by atoms with Crippen LogP contribution in [0.2, 0.25) is 0 Å². The molecule has 0 aromatic carbocycles. The molecule has 0 bridgehead atoms. The van der Waals surface area contributed by atoms with E-state index < -0.39 is 0 Å². The Hall–Kier alpha value is -1.03. The van der Waals surface area contributed by atoms with Crippen molar-refractivity contribution < 1.29 is 4.74 Å². The first-order valence-electron chi connectivity index (χ1n) is 5.10. The van der Waals surface area contributed by atoms with Gasteiger partial charge in [-0.25, -0.2) is 0 Å². The molecule has 2 rings (SSSR count). The Morgan fingerprint density at radius 3 is 3.00 bits per heavy atom. The van der Waals surface area contributed by atoms with E-state index in [-0.39, 0.29) is 0 Å². The van der Waals surface area contributed by atoms with Gasteiger partial charge in [0, 0.05) is 30.8 Å². The summed E-state index contributed by atoms with van der Waals surface area (Å²) in [5.74, 6) is 1.71. The summed E-state index contributed by atoms with van der Waals surface area (Å²) in [6, 6.07) is 0. The number of aromatic nitrogens is 2. The Labute approximate surface area is 84.0 Å². The van der Waals surface area contributed by atoms with Crippen LogP contribution in [0.25, 0.3) is 0 Å². The molecule has 1 saturated carbocycles. The third kappa shape index (κ3) is 1.90. The fourth-order valence-corrected chi connectivity index (χ4v) is 1.62. The molecule has 14 heavy (non-hydrogen) atoms. The highest BCUT2D eigenvalue weighted by molar-refractivity contribution is 5.47. The third-order valence-corrected chi connectivity index (χ3v) is 2.63. The molecule has 0 saturated heterocycles. The van der Waals surface area contributed by atoms with Crippen LogP contribution < -0.4 is 5.32 Å². The van der Waals surface area contributed by atoms with Crippen LogP contribution in [0.15, 0.2) is 0 Å². The van der Waals surface area contributed by atoms with Crippen LogP contribution in [-0.4, -0.2) is 30.5 Å². The number of ether oxygens (including phenoxy) is 1. The predicted octanol–water partition coefficient (Wildman–Crippen LogP) is 1.65. The van der Waals surface area contributed by atoms with E-state index in [9.17, 15) is 0 Å². The molecular formula is C10H17N3O. The van der Waals surface area contributed by atoms with Crippen LogP contribution in [0, 0.1) is 6.92 Å². The average molecular weight is 195 g/mol. The Kier molecular flexibility index (Phi) is 2.72. The van der Waals surface area contributed by atoms with Crippen molar-refractivity contribution in [2.75, 3.05) is 25.6 Å². The predicted molar refractivity (Wildman–Crippen MR) is 55.7 cm³/mol. The summed E-state index contributed by atoms with van der Waals surface area (Å²) in [7, 11) is 1.70. The zero-order valence-electron chi connectivity index (χ0n) is 8.76. The number of rotatable bonds is 5. The number of nitrogens with zero attached hydrogens (tertiary/aromatic N) is 1. The van der Waals surface area contributed by atoms with Crippen molar-refractivity contribution in [3.8, 4) is 0 Å². The highest BCUT2D eigenvalue weighted by atomic mass is 16.5. The highest BCUT2D eigenvalue weighted by Crippen LogP contribution is 2.41. The molecule has 1 aromatic heterocycles. The molecule has 4 nitrogen and oxygen atoms in total. The topological polar surface area (TPSA) is 49.9 Å². The third-order valence-electron chi connectivity index (χ3n) is 2.63. The molecule has 0 unspecified atom stereocenters. The van der Waals surface area contributed by atoms with Gasteiger partial charge in [0.25, 0.3) is 0 Å². The summed E-state index contributed by atoms with van der Waals surface area (Å²) < 4.78 is 4.97. The second kappa shape index (κ2) is 4.00. The summed E-state index contributed by atoms with van der Waals surface area (Å²) in [4.78, 5) is 0. The number of aromatic amines is 1. The molecule has 0 spiro atoms. The monoisotopic (exact) mass is 195 g/mol.